The third kappa shape index (κ3) is 2.64. The van der Waals surface area contributed by atoms with Crippen molar-refractivity contribution in [2.75, 3.05) is 6.54 Å². The molecule has 0 spiro atoms. The fraction of sp³-hybridized carbons (Fsp3) is 0.267. The number of halogens is 4. The first kappa shape index (κ1) is 15.1. The number of nitrogens with one attached hydrogen (secondary N) is 1. The van der Waals surface area contributed by atoms with Crippen LogP contribution in [0.4, 0.5) is 13.2 Å². The number of nitrogens with zero attached hydrogens (tertiary/aromatic N) is 1. The topological polar surface area (TPSA) is 34.0 Å². The Bertz CT molecular complexity index is 783. The van der Waals surface area contributed by atoms with Crippen LogP contribution < -0.4 is 10.9 Å². The van der Waals surface area contributed by atoms with Crippen LogP contribution in [0.15, 0.2) is 35.1 Å². The summed E-state index contributed by atoms with van der Waals surface area (Å²) in [4.78, 5) is 12.2. The van der Waals surface area contributed by atoms with Gasteiger partial charge in [0.2, 0.25) is 0 Å². The van der Waals surface area contributed by atoms with Crippen molar-refractivity contribution in [3.8, 4) is 5.69 Å². The molecule has 116 valence electrons. The lowest BCUT2D eigenvalue weighted by Crippen LogP contribution is -2.31. The summed E-state index contributed by atoms with van der Waals surface area (Å²) in [5.74, 6) is 0. The van der Waals surface area contributed by atoms with Crippen molar-refractivity contribution in [1.29, 1.82) is 0 Å². The van der Waals surface area contributed by atoms with Gasteiger partial charge in [0.1, 0.15) is 0 Å². The molecule has 1 aromatic carbocycles. The van der Waals surface area contributed by atoms with Crippen molar-refractivity contribution >= 4 is 11.6 Å². The molecule has 0 aliphatic carbocycles. The van der Waals surface area contributed by atoms with E-state index < -0.39 is 11.7 Å². The second-order valence-corrected chi connectivity index (χ2v) is 5.47. The van der Waals surface area contributed by atoms with Crippen molar-refractivity contribution in [2.24, 2.45) is 0 Å². The quantitative estimate of drug-likeness (QED) is 0.872. The van der Waals surface area contributed by atoms with Gasteiger partial charge in [-0.3, -0.25) is 9.36 Å². The minimum absolute atomic E-state index is 0.181. The van der Waals surface area contributed by atoms with E-state index in [-0.39, 0.29) is 16.3 Å². The molecule has 0 atom stereocenters. The normalized spacial score (nSPS) is 14.7. The van der Waals surface area contributed by atoms with Crippen LogP contribution in [0.5, 0.6) is 0 Å². The lowest BCUT2D eigenvalue weighted by atomic mass is 10.1. The molecular formula is C15H12ClF3N2O. The van der Waals surface area contributed by atoms with Crippen LogP contribution in [0.1, 0.15) is 16.8 Å². The summed E-state index contributed by atoms with van der Waals surface area (Å²) in [6.45, 7) is 1.27. The minimum Gasteiger partial charge on any atom is -0.312 e. The Balaban J connectivity index is 2.23. The Hall–Kier alpha value is -1.79. The molecule has 0 bridgehead atoms. The molecule has 3 nitrogen and oxygen atoms in total. The highest BCUT2D eigenvalue weighted by Crippen LogP contribution is 2.35. The number of fused-ring (bicyclic) bond motifs is 1. The van der Waals surface area contributed by atoms with Crippen molar-refractivity contribution in [2.45, 2.75) is 19.1 Å². The molecule has 0 saturated carbocycles. The first-order valence-electron chi connectivity index (χ1n) is 6.69. The zero-order valence-electron chi connectivity index (χ0n) is 11.4. The van der Waals surface area contributed by atoms with Gasteiger partial charge in [-0.05, 0) is 23.8 Å². The summed E-state index contributed by atoms with van der Waals surface area (Å²) in [5.41, 5.74) is 0.540. The number of aromatic nitrogens is 1. The Morgan fingerprint density at radius 1 is 1.18 bits per heavy atom. The van der Waals surface area contributed by atoms with E-state index in [1.807, 2.05) is 0 Å². The van der Waals surface area contributed by atoms with E-state index in [4.69, 9.17) is 11.6 Å². The average Bonchev–Trinajstić information content (AvgIpc) is 2.47. The van der Waals surface area contributed by atoms with Crippen LogP contribution in [0, 0.1) is 0 Å². The molecule has 0 unspecified atom stereocenters. The molecule has 1 aromatic heterocycles. The van der Waals surface area contributed by atoms with Gasteiger partial charge in [0, 0.05) is 37.0 Å². The van der Waals surface area contributed by atoms with E-state index in [1.165, 1.54) is 22.8 Å². The van der Waals surface area contributed by atoms with Gasteiger partial charge in [-0.2, -0.15) is 13.2 Å². The van der Waals surface area contributed by atoms with E-state index in [2.05, 4.69) is 5.32 Å². The lowest BCUT2D eigenvalue weighted by Gasteiger charge is -2.22. The molecule has 1 aliphatic heterocycles. The van der Waals surface area contributed by atoms with Crippen LogP contribution in [0.25, 0.3) is 5.69 Å². The van der Waals surface area contributed by atoms with Crippen molar-refractivity contribution < 1.29 is 13.2 Å². The van der Waals surface area contributed by atoms with Crippen molar-refractivity contribution in [3.05, 3.63) is 62.5 Å². The molecule has 22 heavy (non-hydrogen) atoms. The highest BCUT2D eigenvalue weighted by Gasteiger charge is 2.33. The molecule has 0 amide bonds. The standard InChI is InChI=1S/C15H12ClF3N2O/c16-12-3-2-10(7-11(12)15(17,18)19)21-13-5-6-20-8-9(13)1-4-14(21)22/h1-4,7,20H,5-6,8H2. The third-order valence-corrected chi connectivity index (χ3v) is 3.99. The smallest absolute Gasteiger partial charge is 0.312 e. The van der Waals surface area contributed by atoms with Gasteiger partial charge >= 0.3 is 6.18 Å². The minimum atomic E-state index is -4.56. The van der Waals surface area contributed by atoms with Crippen LogP contribution in [0.3, 0.4) is 0 Å². The number of hydrogen-bond acceptors (Lipinski definition) is 2. The Labute approximate surface area is 129 Å². The number of benzene rings is 1. The molecule has 0 radical (unpaired) electrons. The molecule has 1 N–H and O–H groups in total. The van der Waals surface area contributed by atoms with Gasteiger partial charge in [-0.1, -0.05) is 17.7 Å². The van der Waals surface area contributed by atoms with E-state index in [0.717, 1.165) is 17.3 Å². The number of alkyl halides is 3. The number of hydrogen-bond donors (Lipinski definition) is 1. The summed E-state index contributed by atoms with van der Waals surface area (Å²) in [5, 5.41) is 2.79. The molecule has 7 heteroatoms. The highest BCUT2D eigenvalue weighted by atomic mass is 35.5. The average molecular weight is 329 g/mol. The van der Waals surface area contributed by atoms with Gasteiger partial charge < -0.3 is 5.32 Å². The monoisotopic (exact) mass is 328 g/mol. The molecule has 0 saturated heterocycles. The molecule has 0 fully saturated rings. The highest BCUT2D eigenvalue weighted by molar-refractivity contribution is 6.31. The van der Waals surface area contributed by atoms with Crippen molar-refractivity contribution in [3.63, 3.8) is 0 Å². The summed E-state index contributed by atoms with van der Waals surface area (Å²) in [6, 6.07) is 6.61. The van der Waals surface area contributed by atoms with E-state index in [9.17, 15) is 18.0 Å². The SMILES string of the molecule is O=c1ccc2c(n1-c1ccc(Cl)c(C(F)(F)F)c1)CCNC2. The maximum absolute atomic E-state index is 13.0. The lowest BCUT2D eigenvalue weighted by molar-refractivity contribution is -0.137. The molecule has 2 heterocycles. The first-order valence-corrected chi connectivity index (χ1v) is 7.07. The van der Waals surface area contributed by atoms with Gasteiger partial charge in [0.15, 0.2) is 0 Å². The van der Waals surface area contributed by atoms with Gasteiger partial charge in [-0.25, -0.2) is 0 Å². The Morgan fingerprint density at radius 2 is 1.95 bits per heavy atom. The molecular weight excluding hydrogens is 317 g/mol. The number of rotatable bonds is 1. The molecule has 1 aliphatic rings. The first-order chi connectivity index (χ1) is 10.4. The zero-order chi connectivity index (χ0) is 15.9. The van der Waals surface area contributed by atoms with Crippen LogP contribution in [-0.2, 0) is 19.1 Å². The van der Waals surface area contributed by atoms with Crippen LogP contribution in [-0.4, -0.2) is 11.1 Å². The summed E-state index contributed by atoms with van der Waals surface area (Å²) >= 11 is 5.63. The summed E-state index contributed by atoms with van der Waals surface area (Å²) < 4.78 is 40.3. The second kappa shape index (κ2) is 5.44. The van der Waals surface area contributed by atoms with E-state index in [1.54, 1.807) is 6.07 Å². The maximum atomic E-state index is 13.0. The van der Waals surface area contributed by atoms with E-state index in [0.29, 0.717) is 19.5 Å². The van der Waals surface area contributed by atoms with Gasteiger partial charge in [0.05, 0.1) is 10.6 Å². The Kier molecular flexibility index (Phi) is 3.74. The van der Waals surface area contributed by atoms with Crippen LogP contribution in [0.2, 0.25) is 5.02 Å². The molecule has 3 rings (SSSR count). The van der Waals surface area contributed by atoms with Gasteiger partial charge in [-0.15, -0.1) is 0 Å². The fourth-order valence-corrected chi connectivity index (χ4v) is 2.86. The van der Waals surface area contributed by atoms with Crippen molar-refractivity contribution in [1.82, 2.24) is 9.88 Å². The third-order valence-electron chi connectivity index (χ3n) is 3.66. The van der Waals surface area contributed by atoms with E-state index >= 15 is 0 Å². The van der Waals surface area contributed by atoms with Gasteiger partial charge in [0.25, 0.3) is 5.56 Å². The van der Waals surface area contributed by atoms with Crippen LogP contribution >= 0.6 is 11.6 Å². The molecule has 2 aromatic rings. The zero-order valence-corrected chi connectivity index (χ0v) is 12.1. The predicted octanol–water partition coefficient (Wildman–Crippen LogP) is 3.16. The Morgan fingerprint density at radius 3 is 2.68 bits per heavy atom. The predicted molar refractivity (Wildman–Crippen MR) is 77.5 cm³/mol. The second-order valence-electron chi connectivity index (χ2n) is 5.07. The summed E-state index contributed by atoms with van der Waals surface area (Å²) in [6.07, 6.45) is -3.98. The summed E-state index contributed by atoms with van der Waals surface area (Å²) in [7, 11) is 0. The number of pyridine rings is 1. The maximum Gasteiger partial charge on any atom is 0.417 e. The largest absolute Gasteiger partial charge is 0.417 e. The fourth-order valence-electron chi connectivity index (χ4n) is 2.64.